The average Bonchev–Trinajstić information content (AvgIpc) is 3.43. The fourth-order valence-corrected chi connectivity index (χ4v) is 4.86. The first kappa shape index (κ1) is 22.8. The lowest BCUT2D eigenvalue weighted by Gasteiger charge is -2.23. The lowest BCUT2D eigenvalue weighted by molar-refractivity contribution is -0.160. The normalized spacial score (nSPS) is 15.1. The highest BCUT2D eigenvalue weighted by Crippen LogP contribution is 2.44. The van der Waals surface area contributed by atoms with Crippen LogP contribution in [0.1, 0.15) is 62.7 Å². The number of thiophene rings is 1. The predicted molar refractivity (Wildman–Crippen MR) is 119 cm³/mol. The summed E-state index contributed by atoms with van der Waals surface area (Å²) in [5, 5.41) is 0.877. The third-order valence-electron chi connectivity index (χ3n) is 4.86. The Bertz CT molecular complexity index is 997. The van der Waals surface area contributed by atoms with Crippen molar-refractivity contribution < 1.29 is 23.9 Å². The summed E-state index contributed by atoms with van der Waals surface area (Å²) in [6.07, 6.45) is 2.16. The molecule has 0 radical (unpaired) electrons. The van der Waals surface area contributed by atoms with E-state index in [9.17, 15) is 14.4 Å². The molecule has 2 aromatic rings. The van der Waals surface area contributed by atoms with Gasteiger partial charge in [-0.2, -0.15) is 0 Å². The predicted octanol–water partition coefficient (Wildman–Crippen LogP) is 5.64. The van der Waals surface area contributed by atoms with E-state index < -0.39 is 23.3 Å². The van der Waals surface area contributed by atoms with E-state index in [1.54, 1.807) is 44.2 Å². The number of benzene rings is 1. The molecule has 1 heterocycles. The molecule has 1 aromatic carbocycles. The summed E-state index contributed by atoms with van der Waals surface area (Å²) in [5.74, 6) is -2.89. The molecule has 30 heavy (non-hydrogen) atoms. The van der Waals surface area contributed by atoms with Crippen LogP contribution in [0.2, 0.25) is 5.02 Å². The Kier molecular flexibility index (Phi) is 6.58. The van der Waals surface area contributed by atoms with Gasteiger partial charge in [0.2, 0.25) is 0 Å². The summed E-state index contributed by atoms with van der Waals surface area (Å²) in [7, 11) is 0. The van der Waals surface area contributed by atoms with Gasteiger partial charge in [-0.1, -0.05) is 18.5 Å². The number of rotatable bonds is 8. The first-order chi connectivity index (χ1) is 14.1. The number of esters is 1. The van der Waals surface area contributed by atoms with E-state index in [2.05, 4.69) is 0 Å². The lowest BCUT2D eigenvalue weighted by atomic mass is 9.90. The average molecular weight is 451 g/mol. The van der Waals surface area contributed by atoms with Crippen molar-refractivity contribution in [2.45, 2.75) is 59.5 Å². The number of ether oxygens (including phenoxy) is 2. The molecular weight excluding hydrogens is 424 g/mol. The molecule has 5 nitrogen and oxygen atoms in total. The fraction of sp³-hybridized carbons (Fsp3) is 0.522. The first-order valence-corrected chi connectivity index (χ1v) is 11.5. The smallest absolute Gasteiger partial charge is 0.325 e. The number of carbonyl (C=O) groups is 3. The van der Waals surface area contributed by atoms with Crippen molar-refractivity contribution in [1.82, 2.24) is 0 Å². The Morgan fingerprint density at radius 3 is 2.40 bits per heavy atom. The number of halogens is 1. The van der Waals surface area contributed by atoms with Gasteiger partial charge in [-0.3, -0.25) is 14.4 Å². The molecule has 1 aliphatic rings. The second kappa shape index (κ2) is 8.67. The molecule has 162 valence electrons. The van der Waals surface area contributed by atoms with Gasteiger partial charge >= 0.3 is 5.97 Å². The zero-order chi connectivity index (χ0) is 22.2. The quantitative estimate of drug-likeness (QED) is 0.296. The van der Waals surface area contributed by atoms with E-state index >= 15 is 0 Å². The molecule has 1 aliphatic carbocycles. The van der Waals surface area contributed by atoms with Crippen LogP contribution in [-0.2, 0) is 20.7 Å². The minimum absolute atomic E-state index is 0.149. The SMILES string of the molecule is CCOc1c(CC)sc2ccc(C(=O)C(C(=O)OC(C)(C)C)C(=O)C3CC3)c(Cl)c12. The van der Waals surface area contributed by atoms with E-state index in [0.29, 0.717) is 30.6 Å². The van der Waals surface area contributed by atoms with Crippen molar-refractivity contribution in [3.8, 4) is 5.75 Å². The van der Waals surface area contributed by atoms with Gasteiger partial charge in [-0.05, 0) is 59.1 Å². The maximum atomic E-state index is 13.4. The van der Waals surface area contributed by atoms with Crippen LogP contribution >= 0.6 is 22.9 Å². The highest BCUT2D eigenvalue weighted by atomic mass is 35.5. The number of aryl methyl sites for hydroxylation is 1. The molecule has 7 heteroatoms. The van der Waals surface area contributed by atoms with Crippen LogP contribution in [-0.4, -0.2) is 29.7 Å². The number of fused-ring (bicyclic) bond motifs is 1. The van der Waals surface area contributed by atoms with Gasteiger partial charge < -0.3 is 9.47 Å². The van der Waals surface area contributed by atoms with Crippen LogP contribution < -0.4 is 4.74 Å². The molecule has 0 spiro atoms. The third-order valence-corrected chi connectivity index (χ3v) is 6.53. The summed E-state index contributed by atoms with van der Waals surface area (Å²) < 4.78 is 12.1. The number of ketones is 2. The standard InChI is InChI=1S/C23H27ClO5S/c1-6-14-21(28-7-2)16-15(30-14)11-10-13(18(16)24)20(26)17(19(25)12-8-9-12)22(27)29-23(3,4)5/h10-12,17H,6-9H2,1-5H3. The summed E-state index contributed by atoms with van der Waals surface area (Å²) in [4.78, 5) is 40.1. The van der Waals surface area contributed by atoms with Crippen molar-refractivity contribution in [2.75, 3.05) is 6.61 Å². The van der Waals surface area contributed by atoms with Gasteiger partial charge in [-0.15, -0.1) is 11.3 Å². The van der Waals surface area contributed by atoms with E-state index in [-0.39, 0.29) is 22.3 Å². The molecule has 0 saturated heterocycles. The Labute approximate surface area is 185 Å². The Balaban J connectivity index is 2.07. The van der Waals surface area contributed by atoms with Crippen molar-refractivity contribution in [3.63, 3.8) is 0 Å². The maximum Gasteiger partial charge on any atom is 0.325 e. The van der Waals surface area contributed by atoms with Gasteiger partial charge in [0.15, 0.2) is 17.5 Å². The lowest BCUT2D eigenvalue weighted by Crippen LogP contribution is -2.38. The minimum atomic E-state index is -1.49. The molecule has 1 saturated carbocycles. The number of carbonyl (C=O) groups excluding carboxylic acids is 3. The molecule has 0 N–H and O–H groups in total. The maximum absolute atomic E-state index is 13.4. The van der Waals surface area contributed by atoms with E-state index in [1.165, 1.54) is 0 Å². The van der Waals surface area contributed by atoms with Crippen LogP contribution in [0.4, 0.5) is 0 Å². The topological polar surface area (TPSA) is 69.7 Å². The van der Waals surface area contributed by atoms with Gasteiger partial charge in [0.25, 0.3) is 0 Å². The molecule has 0 bridgehead atoms. The number of Topliss-reactive ketones (excluding diaryl/α,β-unsaturated/α-hetero) is 2. The summed E-state index contributed by atoms with van der Waals surface area (Å²) in [6, 6.07) is 3.39. The molecule has 0 amide bonds. The van der Waals surface area contributed by atoms with E-state index in [4.69, 9.17) is 21.1 Å². The van der Waals surface area contributed by atoms with Crippen LogP contribution in [0.15, 0.2) is 12.1 Å². The van der Waals surface area contributed by atoms with Crippen LogP contribution in [0, 0.1) is 11.8 Å². The summed E-state index contributed by atoms with van der Waals surface area (Å²) >= 11 is 8.23. The monoisotopic (exact) mass is 450 g/mol. The van der Waals surface area contributed by atoms with Crippen LogP contribution in [0.3, 0.4) is 0 Å². The Morgan fingerprint density at radius 2 is 1.87 bits per heavy atom. The number of hydrogen-bond acceptors (Lipinski definition) is 6. The van der Waals surface area contributed by atoms with Gasteiger partial charge in [0.1, 0.15) is 11.4 Å². The minimum Gasteiger partial charge on any atom is -0.492 e. The number of hydrogen-bond donors (Lipinski definition) is 0. The zero-order valence-electron chi connectivity index (χ0n) is 18.0. The highest BCUT2D eigenvalue weighted by molar-refractivity contribution is 7.19. The molecule has 1 aromatic heterocycles. The molecule has 1 fully saturated rings. The first-order valence-electron chi connectivity index (χ1n) is 10.3. The Morgan fingerprint density at radius 1 is 1.20 bits per heavy atom. The van der Waals surface area contributed by atoms with Gasteiger partial charge in [0.05, 0.1) is 17.0 Å². The molecule has 1 atom stereocenters. The fourth-order valence-electron chi connectivity index (χ4n) is 3.37. The molecule has 1 unspecified atom stereocenters. The second-order valence-corrected chi connectivity index (χ2v) is 9.96. The van der Waals surface area contributed by atoms with Gasteiger partial charge in [-0.25, -0.2) is 0 Å². The Hall–Kier alpha value is -1.92. The third kappa shape index (κ3) is 4.54. The van der Waals surface area contributed by atoms with E-state index in [0.717, 1.165) is 16.0 Å². The van der Waals surface area contributed by atoms with Crippen molar-refractivity contribution in [2.24, 2.45) is 11.8 Å². The molecule has 0 aliphatic heterocycles. The van der Waals surface area contributed by atoms with Crippen LogP contribution in [0.25, 0.3) is 10.1 Å². The summed E-state index contributed by atoms with van der Waals surface area (Å²) in [5.41, 5.74) is -0.658. The molecular formula is C23H27ClO5S. The molecule has 3 rings (SSSR count). The van der Waals surface area contributed by atoms with E-state index in [1.807, 2.05) is 13.8 Å². The zero-order valence-corrected chi connectivity index (χ0v) is 19.5. The second-order valence-electron chi connectivity index (χ2n) is 8.45. The van der Waals surface area contributed by atoms with Crippen molar-refractivity contribution in [3.05, 3.63) is 27.6 Å². The van der Waals surface area contributed by atoms with Gasteiger partial charge in [0, 0.05) is 21.1 Å². The highest BCUT2D eigenvalue weighted by Gasteiger charge is 2.45. The van der Waals surface area contributed by atoms with Crippen molar-refractivity contribution in [1.29, 1.82) is 0 Å². The van der Waals surface area contributed by atoms with Crippen LogP contribution in [0.5, 0.6) is 5.75 Å². The largest absolute Gasteiger partial charge is 0.492 e. The van der Waals surface area contributed by atoms with Crippen molar-refractivity contribution >= 4 is 50.6 Å². The summed E-state index contributed by atoms with van der Waals surface area (Å²) in [6.45, 7) is 9.50.